The molecule has 0 unspecified atom stereocenters. The highest BCUT2D eigenvalue weighted by Gasteiger charge is 2.09. The topological polar surface area (TPSA) is 97.9 Å². The van der Waals surface area contributed by atoms with Crippen LogP contribution in [0.15, 0.2) is 47.6 Å². The fourth-order valence-electron chi connectivity index (χ4n) is 2.67. The minimum atomic E-state index is -0.483. The summed E-state index contributed by atoms with van der Waals surface area (Å²) in [7, 11) is 0. The smallest absolute Gasteiger partial charge is 0.311 e. The third kappa shape index (κ3) is 9.95. The molecule has 0 aliphatic carbocycles. The number of nitrogens with zero attached hydrogens (tertiary/aromatic N) is 2. The van der Waals surface area contributed by atoms with Crippen LogP contribution in [0.4, 0.5) is 10.1 Å². The van der Waals surface area contributed by atoms with Gasteiger partial charge in [0.05, 0.1) is 39.5 Å². The first-order valence-corrected chi connectivity index (χ1v) is 10.4. The second-order valence-corrected chi connectivity index (χ2v) is 6.59. The van der Waals surface area contributed by atoms with Crippen molar-refractivity contribution in [1.29, 1.82) is 0 Å². The Balaban J connectivity index is 1.71. The van der Waals surface area contributed by atoms with Gasteiger partial charge in [0.1, 0.15) is 23.9 Å². The number of benzene rings is 2. The minimum absolute atomic E-state index is 0.0513. The first-order valence-electron chi connectivity index (χ1n) is 10.4. The Kier molecular flexibility index (Phi) is 11.9. The molecular weight excluding hydrogens is 419 g/mol. The summed E-state index contributed by atoms with van der Waals surface area (Å²) in [6.07, 6.45) is 0.335. The SMILES string of the molecule is CCOCCOCCOCCOc1ccc(N=[N-])c(CCC(=O)Oc2ccc(F)cc2)c1. The van der Waals surface area contributed by atoms with Gasteiger partial charge in [-0.3, -0.25) is 4.79 Å². The molecule has 0 saturated carbocycles. The van der Waals surface area contributed by atoms with Gasteiger partial charge >= 0.3 is 5.97 Å². The molecule has 0 atom stereocenters. The average Bonchev–Trinajstić information content (AvgIpc) is 2.80. The van der Waals surface area contributed by atoms with Gasteiger partial charge in [-0.25, -0.2) is 4.39 Å². The van der Waals surface area contributed by atoms with E-state index in [1.165, 1.54) is 24.3 Å². The van der Waals surface area contributed by atoms with Crippen LogP contribution in [0.1, 0.15) is 18.9 Å². The van der Waals surface area contributed by atoms with E-state index in [0.717, 1.165) is 0 Å². The predicted molar refractivity (Wildman–Crippen MR) is 116 cm³/mol. The van der Waals surface area contributed by atoms with Crippen LogP contribution in [-0.2, 0) is 25.4 Å². The van der Waals surface area contributed by atoms with Gasteiger partial charge in [0.2, 0.25) is 0 Å². The summed E-state index contributed by atoms with van der Waals surface area (Å²) in [5.74, 6) is -0.0631. The normalized spacial score (nSPS) is 10.7. The number of hydrogen-bond acceptors (Lipinski definition) is 7. The third-order valence-electron chi connectivity index (χ3n) is 4.25. The first kappa shape index (κ1) is 25.4. The molecule has 0 bridgehead atoms. The van der Waals surface area contributed by atoms with Crippen LogP contribution >= 0.6 is 0 Å². The number of halogens is 1. The van der Waals surface area contributed by atoms with Gasteiger partial charge in [0.25, 0.3) is 0 Å². The molecule has 32 heavy (non-hydrogen) atoms. The summed E-state index contributed by atoms with van der Waals surface area (Å²) < 4.78 is 39.7. The summed E-state index contributed by atoms with van der Waals surface area (Å²) >= 11 is 0. The van der Waals surface area contributed by atoms with Crippen LogP contribution in [0, 0.1) is 5.82 Å². The zero-order valence-corrected chi connectivity index (χ0v) is 18.1. The molecule has 0 aliphatic heterocycles. The number of esters is 1. The van der Waals surface area contributed by atoms with Gasteiger partial charge in [0, 0.05) is 12.3 Å². The maximum atomic E-state index is 12.9. The van der Waals surface area contributed by atoms with Crippen molar-refractivity contribution in [2.75, 3.05) is 46.2 Å². The lowest BCUT2D eigenvalue weighted by Gasteiger charge is -2.12. The molecule has 0 N–H and O–H groups in total. The first-order chi connectivity index (χ1) is 15.6. The predicted octanol–water partition coefficient (Wildman–Crippen LogP) is 4.47. The van der Waals surface area contributed by atoms with Crippen molar-refractivity contribution in [3.05, 3.63) is 59.4 Å². The van der Waals surface area contributed by atoms with Gasteiger partial charge in [-0.1, -0.05) is 0 Å². The number of ether oxygens (including phenoxy) is 5. The van der Waals surface area contributed by atoms with E-state index in [2.05, 4.69) is 5.11 Å². The lowest BCUT2D eigenvalue weighted by molar-refractivity contribution is -0.134. The van der Waals surface area contributed by atoms with Crippen LogP contribution < -0.4 is 9.47 Å². The van der Waals surface area contributed by atoms with Crippen LogP contribution in [0.25, 0.3) is 5.53 Å². The highest BCUT2D eigenvalue weighted by molar-refractivity contribution is 5.73. The Labute approximate surface area is 187 Å². The van der Waals surface area contributed by atoms with Crippen molar-refractivity contribution in [2.24, 2.45) is 5.11 Å². The number of aryl methyl sites for hydroxylation is 1. The van der Waals surface area contributed by atoms with E-state index in [-0.39, 0.29) is 18.6 Å². The Bertz CT molecular complexity index is 832. The number of carbonyl (C=O) groups excluding carboxylic acids is 1. The lowest BCUT2D eigenvalue weighted by Crippen LogP contribution is -2.12. The number of hydrogen-bond donors (Lipinski definition) is 0. The van der Waals surface area contributed by atoms with Crippen LogP contribution in [0.3, 0.4) is 0 Å². The largest absolute Gasteiger partial charge is 0.706 e. The van der Waals surface area contributed by atoms with Crippen LogP contribution in [0.2, 0.25) is 0 Å². The molecule has 0 fully saturated rings. The van der Waals surface area contributed by atoms with Crippen LogP contribution in [-0.4, -0.2) is 52.2 Å². The fourth-order valence-corrected chi connectivity index (χ4v) is 2.67. The zero-order chi connectivity index (χ0) is 23.0. The lowest BCUT2D eigenvalue weighted by atomic mass is 10.1. The highest BCUT2D eigenvalue weighted by atomic mass is 19.1. The fraction of sp³-hybridized carbons (Fsp3) is 0.435. The van der Waals surface area contributed by atoms with Gasteiger partial charge in [0.15, 0.2) is 0 Å². The van der Waals surface area contributed by atoms with Gasteiger partial charge < -0.3 is 34.3 Å². The molecule has 2 aromatic carbocycles. The van der Waals surface area contributed by atoms with E-state index in [0.29, 0.717) is 63.2 Å². The van der Waals surface area contributed by atoms with Crippen molar-refractivity contribution < 1.29 is 32.9 Å². The standard InChI is InChI=1S/C23H28FN2O6/c1-2-28-11-12-29-13-14-30-15-16-31-21-8-9-22(26-25)18(17-21)3-10-23(27)32-20-6-4-19(24)5-7-20/h4-9,17H,2-3,10-16H2,1H3/q-1. The van der Waals surface area contributed by atoms with E-state index in [1.54, 1.807) is 18.2 Å². The molecule has 0 aromatic heterocycles. The second kappa shape index (κ2) is 15.0. The summed E-state index contributed by atoms with van der Waals surface area (Å²) in [6, 6.07) is 10.2. The van der Waals surface area contributed by atoms with E-state index in [1.807, 2.05) is 6.92 Å². The van der Waals surface area contributed by atoms with Crippen molar-refractivity contribution in [2.45, 2.75) is 19.8 Å². The monoisotopic (exact) mass is 447 g/mol. The van der Waals surface area contributed by atoms with Gasteiger partial charge in [-0.05, 0) is 61.4 Å². The quantitative estimate of drug-likeness (QED) is 0.163. The molecular formula is C23H28FN2O6-. The van der Waals surface area contributed by atoms with E-state index in [4.69, 9.17) is 23.7 Å². The van der Waals surface area contributed by atoms with E-state index < -0.39 is 11.8 Å². The van der Waals surface area contributed by atoms with Crippen LogP contribution in [0.5, 0.6) is 11.5 Å². The van der Waals surface area contributed by atoms with Gasteiger partial charge in [-0.2, -0.15) is 0 Å². The third-order valence-corrected chi connectivity index (χ3v) is 4.25. The van der Waals surface area contributed by atoms with E-state index >= 15 is 0 Å². The molecule has 0 aliphatic rings. The molecule has 0 radical (unpaired) electrons. The number of carbonyl (C=O) groups is 1. The maximum absolute atomic E-state index is 12.9. The molecule has 2 aromatic rings. The highest BCUT2D eigenvalue weighted by Crippen LogP contribution is 2.26. The Morgan fingerprint density at radius 1 is 0.906 bits per heavy atom. The Hall–Kier alpha value is -2.88. The molecule has 2 rings (SSSR count). The summed E-state index contributed by atoms with van der Waals surface area (Å²) in [5, 5.41) is 3.24. The zero-order valence-electron chi connectivity index (χ0n) is 18.1. The molecule has 0 amide bonds. The molecule has 0 heterocycles. The van der Waals surface area contributed by atoms with Crippen molar-refractivity contribution in [3.63, 3.8) is 0 Å². The summed E-state index contributed by atoms with van der Waals surface area (Å²) in [4.78, 5) is 12.1. The Morgan fingerprint density at radius 2 is 1.53 bits per heavy atom. The minimum Gasteiger partial charge on any atom is -0.706 e. The second-order valence-electron chi connectivity index (χ2n) is 6.59. The molecule has 8 nitrogen and oxygen atoms in total. The molecule has 0 spiro atoms. The molecule has 9 heteroatoms. The Morgan fingerprint density at radius 3 is 2.19 bits per heavy atom. The van der Waals surface area contributed by atoms with Gasteiger partial charge in [-0.15, -0.1) is 0 Å². The molecule has 174 valence electrons. The summed E-state index contributed by atoms with van der Waals surface area (Å²) in [6.45, 7) is 5.38. The maximum Gasteiger partial charge on any atom is 0.311 e. The molecule has 0 saturated heterocycles. The average molecular weight is 447 g/mol. The van der Waals surface area contributed by atoms with Crippen molar-refractivity contribution >= 4 is 11.7 Å². The summed E-state index contributed by atoms with van der Waals surface area (Å²) in [5.41, 5.74) is 10.2. The van der Waals surface area contributed by atoms with Crippen molar-refractivity contribution in [3.8, 4) is 11.5 Å². The van der Waals surface area contributed by atoms with E-state index in [9.17, 15) is 14.7 Å². The number of rotatable bonds is 16. The van der Waals surface area contributed by atoms with Crippen molar-refractivity contribution in [1.82, 2.24) is 0 Å².